The summed E-state index contributed by atoms with van der Waals surface area (Å²) >= 11 is 71.4. The van der Waals surface area contributed by atoms with Gasteiger partial charge in [0.05, 0.1) is 75.1 Å². The fourth-order valence-electron chi connectivity index (χ4n) is 13.2. The van der Waals surface area contributed by atoms with E-state index in [-0.39, 0.29) is 118 Å². The molecule has 4 bridgehead atoms. The molecule has 4 aromatic heterocycles. The number of aliphatic hydroxyl groups excluding tert-OH is 1. The fourth-order valence-corrected chi connectivity index (χ4v) is 16.6. The summed E-state index contributed by atoms with van der Waals surface area (Å²) in [7, 11) is 0. The standard InChI is InChI=1S/C23H26Cl2N2O5.C13H11Cl2NO3.C12H21NO3.C11H6Cl3NO2.C11H7Cl2NO3.C7H4Cl3NO.C6H10O3/c1-12-18(20(26-32-12)19-16(24)6-5-7-17(19)25)21(28)30-15-10-13-8-9-14(11-15)27(13)22(29)31-23(2,3)4;1-3-18-13(17)10-7(2)19-16-12(10)11-8(14)5-4-6-9(11)15;1-12(2,3)16-11(15)13-8-4-5-9(13)7-10(14)6-8;1-5-8(11(14)16)10(15-17-5)9-6(12)3-2-4-7(9)13;1-5-8(11(15)16)10(14-17-5)9-6(12)3-2-4-7(9)13;8-4-2-1-3-5(9)6(4)7(10)11-12;1-3-9-6(8)4-5(2)7/h5-7,13-15H,8-11H2,1-4H3;4-6H,3H2,1-2H3;8-10,14H,4-7H2,1-3H3;2-4H,1H3;2-4H,1H3,(H,15,16);1-3,12H;3-4H2,1-2H3/b;;;;;11-7-;/t13-,14+,15?;;8-,9+,10?;;;;. The number of aromatic carboxylic acids is 1. The molecule has 4 saturated heterocycles. The highest BCUT2D eigenvalue weighted by Gasteiger charge is 2.47. The van der Waals surface area contributed by atoms with Crippen LogP contribution in [0.2, 0.25) is 50.2 Å². The molecule has 3 N–H and O–H groups in total. The Hall–Kier alpha value is -8.39. The molecule has 4 fully saturated rings. The van der Waals surface area contributed by atoms with Crippen LogP contribution in [0.25, 0.3) is 45.0 Å². The fraction of sp³-hybridized carbons (Fsp3) is 0.386. The Labute approximate surface area is 762 Å². The van der Waals surface area contributed by atoms with Crippen LogP contribution in [0.5, 0.6) is 0 Å². The third-order valence-electron chi connectivity index (χ3n) is 18.2. The van der Waals surface area contributed by atoms with E-state index in [0.29, 0.717) is 133 Å². The van der Waals surface area contributed by atoms with E-state index in [2.05, 4.69) is 30.5 Å². The number of Topliss-reactive ketones (excluding diaryl/α,β-unsaturated/α-hetero) is 1. The summed E-state index contributed by atoms with van der Waals surface area (Å²) in [4.78, 5) is 96.5. The SMILES string of the molecule is CC(C)(C)OC(=O)N1[C@@H]2CC[C@H]1CC(O)C2.CCOC(=O)CC(C)=O.CCOC(=O)c1c(-c2c(Cl)cccc2Cl)noc1C.Cc1onc(-c2c(Cl)cccc2Cl)c1C(=O)Cl.Cc1onc(-c2c(Cl)cccc2Cl)c1C(=O)O.Cc1onc(-c2c(Cl)cccc2Cl)c1C(=O)OC1C[C@H]2CC[C@@H](C1)N2C(=O)OC(C)(C)C.O/N=C(\Cl)c1c(Cl)cccc1Cl. The first-order valence-corrected chi connectivity index (χ1v) is 42.0. The van der Waals surface area contributed by atoms with Gasteiger partial charge in [-0.05, 0) is 201 Å². The van der Waals surface area contributed by atoms with E-state index in [1.54, 1.807) is 126 Å². The molecular weight excluding hydrogens is 1840 g/mol. The number of aliphatic hydroxyl groups is 1. The number of carbonyl (C=O) groups is 8. The lowest BCUT2D eigenvalue weighted by Gasteiger charge is -2.39. The van der Waals surface area contributed by atoms with Crippen molar-refractivity contribution in [2.24, 2.45) is 5.16 Å². The van der Waals surface area contributed by atoms with Crippen LogP contribution in [-0.2, 0) is 33.3 Å². The van der Waals surface area contributed by atoms with Crippen LogP contribution in [0.1, 0.15) is 190 Å². The number of halogens is 12. The molecule has 122 heavy (non-hydrogen) atoms. The van der Waals surface area contributed by atoms with E-state index in [1.165, 1.54) is 13.8 Å². The highest BCUT2D eigenvalue weighted by atomic mass is 35.5. The minimum Gasteiger partial charge on any atom is -0.477 e. The lowest BCUT2D eigenvalue weighted by atomic mass is 10.00. The highest BCUT2D eigenvalue weighted by Crippen LogP contribution is 2.44. The first kappa shape index (κ1) is 101. The maximum absolute atomic E-state index is 13.1. The van der Waals surface area contributed by atoms with Crippen molar-refractivity contribution in [3.8, 4) is 45.0 Å². The van der Waals surface area contributed by atoms with Gasteiger partial charge < -0.3 is 67.0 Å². The number of amides is 2. The summed E-state index contributed by atoms with van der Waals surface area (Å²) in [6.45, 7) is 23.0. The van der Waals surface area contributed by atoms with E-state index >= 15 is 0 Å². The number of nitrogens with zero attached hydrogens (tertiary/aromatic N) is 7. The first-order chi connectivity index (χ1) is 57.3. The van der Waals surface area contributed by atoms with E-state index < -0.39 is 40.3 Å². The van der Waals surface area contributed by atoms with Crippen LogP contribution in [0.4, 0.5) is 9.59 Å². The summed E-state index contributed by atoms with van der Waals surface area (Å²) < 4.78 is 46.5. The summed E-state index contributed by atoms with van der Waals surface area (Å²) in [5.41, 5.74) is 2.62. The zero-order valence-electron chi connectivity index (χ0n) is 67.9. The third kappa shape index (κ3) is 26.8. The number of hydrogen-bond donors (Lipinski definition) is 3. The number of ketones is 1. The number of esters is 3. The molecule has 27 nitrogen and oxygen atoms in total. The van der Waals surface area contributed by atoms with Gasteiger partial charge in [-0.1, -0.05) is 184 Å². The first-order valence-electron chi connectivity index (χ1n) is 37.5. The van der Waals surface area contributed by atoms with Gasteiger partial charge in [-0.25, -0.2) is 24.0 Å². The van der Waals surface area contributed by atoms with Gasteiger partial charge in [0.1, 0.15) is 97.6 Å². The lowest BCUT2D eigenvalue weighted by Crippen LogP contribution is -2.50. The Kier molecular flexibility index (Phi) is 37.5. The molecular formula is C83H85Cl12N7O20. The normalized spacial score (nSPS) is 16.8. The van der Waals surface area contributed by atoms with Gasteiger partial charge in [0, 0.05) is 59.3 Å². The van der Waals surface area contributed by atoms with E-state index in [4.69, 9.17) is 187 Å². The second-order valence-electron chi connectivity index (χ2n) is 29.4. The summed E-state index contributed by atoms with van der Waals surface area (Å²) in [6, 6.07) is 25.2. The molecule has 0 aliphatic carbocycles. The average Bonchev–Trinajstić information content (AvgIpc) is 1.63. The number of hydrogen-bond acceptors (Lipinski definition) is 24. The number of piperidine rings is 2. The van der Waals surface area contributed by atoms with Gasteiger partial charge in [0.2, 0.25) is 0 Å². The number of carboxylic acid groups (broad SMARTS) is 1. The van der Waals surface area contributed by atoms with E-state index in [9.17, 15) is 43.5 Å². The second-order valence-corrected chi connectivity index (χ2v) is 34.1. The molecule has 6 atom stereocenters. The van der Waals surface area contributed by atoms with Gasteiger partial charge in [0.25, 0.3) is 5.24 Å². The van der Waals surface area contributed by atoms with Crippen LogP contribution in [0, 0.1) is 27.7 Å². The van der Waals surface area contributed by atoms with Crippen molar-refractivity contribution < 1.29 is 95.6 Å². The molecule has 2 amide bonds. The van der Waals surface area contributed by atoms with Gasteiger partial charge in [-0.2, -0.15) is 0 Å². The number of rotatable bonds is 14. The van der Waals surface area contributed by atoms with Crippen molar-refractivity contribution in [3.63, 3.8) is 0 Å². The molecule has 656 valence electrons. The van der Waals surface area contributed by atoms with Gasteiger partial charge in [0.15, 0.2) is 5.17 Å². The van der Waals surface area contributed by atoms with Crippen LogP contribution in [0.3, 0.4) is 0 Å². The molecule has 2 unspecified atom stereocenters. The molecule has 39 heteroatoms. The molecule has 0 saturated carbocycles. The van der Waals surface area contributed by atoms with Crippen molar-refractivity contribution >= 4 is 191 Å². The summed E-state index contributed by atoms with van der Waals surface area (Å²) in [6.07, 6.45) is 5.09. The van der Waals surface area contributed by atoms with Gasteiger partial charge >= 0.3 is 36.1 Å². The average molecular weight is 1930 g/mol. The number of aromatic nitrogens is 4. The molecule has 8 heterocycles. The topological polar surface area (TPSA) is 366 Å². The monoisotopic (exact) mass is 1920 g/mol. The zero-order valence-corrected chi connectivity index (χ0v) is 76.9. The molecule has 9 aromatic rings. The van der Waals surface area contributed by atoms with Crippen molar-refractivity contribution in [2.75, 3.05) is 13.2 Å². The predicted molar refractivity (Wildman–Crippen MR) is 466 cm³/mol. The van der Waals surface area contributed by atoms with Crippen LogP contribution in [-0.4, -0.2) is 159 Å². The molecule has 13 rings (SSSR count). The maximum atomic E-state index is 13.1. The summed E-state index contributed by atoms with van der Waals surface area (Å²) in [5, 5.41) is 48.1. The van der Waals surface area contributed by atoms with E-state index in [1.807, 2.05) is 51.3 Å². The summed E-state index contributed by atoms with van der Waals surface area (Å²) in [5.74, 6) is -1.54. The minimum absolute atomic E-state index is 0.0116. The third-order valence-corrected chi connectivity index (χ3v) is 21.8. The minimum atomic E-state index is -1.13. The number of oxime groups is 1. The Morgan fingerprint density at radius 3 is 1.05 bits per heavy atom. The molecule has 0 spiro atoms. The van der Waals surface area contributed by atoms with Crippen molar-refractivity contribution in [1.82, 2.24) is 30.4 Å². The van der Waals surface area contributed by atoms with Gasteiger partial charge in [-0.3, -0.25) is 14.4 Å². The molecule has 4 aliphatic heterocycles. The van der Waals surface area contributed by atoms with Crippen molar-refractivity contribution in [1.29, 1.82) is 0 Å². The number of ether oxygens (including phenoxy) is 5. The highest BCUT2D eigenvalue weighted by molar-refractivity contribution is 6.71. The Balaban J connectivity index is 0.000000203. The molecule has 4 aliphatic rings. The lowest BCUT2D eigenvalue weighted by molar-refractivity contribution is -0.145. The van der Waals surface area contributed by atoms with Gasteiger partial charge in [-0.15, -0.1) is 0 Å². The molecule has 0 radical (unpaired) electrons. The zero-order chi connectivity index (χ0) is 90.7. The van der Waals surface area contributed by atoms with Crippen LogP contribution < -0.4 is 0 Å². The Morgan fingerprint density at radius 1 is 0.451 bits per heavy atom. The van der Waals surface area contributed by atoms with Crippen LogP contribution in [0.15, 0.2) is 114 Å². The number of aryl methyl sites for hydroxylation is 4. The quantitative estimate of drug-likeness (QED) is 0.0173. The predicted octanol–water partition coefficient (Wildman–Crippen LogP) is 24.0. The number of fused-ring (bicyclic) bond motifs is 4. The Morgan fingerprint density at radius 2 is 0.746 bits per heavy atom. The largest absolute Gasteiger partial charge is 0.477 e. The van der Waals surface area contributed by atoms with E-state index in [0.717, 1.165) is 25.7 Å². The van der Waals surface area contributed by atoms with Crippen molar-refractivity contribution in [2.45, 2.75) is 195 Å². The second kappa shape index (κ2) is 45.5. The Bertz CT molecular complexity index is 5050. The molecule has 5 aromatic carbocycles. The smallest absolute Gasteiger partial charge is 0.410 e. The van der Waals surface area contributed by atoms with Crippen molar-refractivity contribution in [3.05, 3.63) is 192 Å². The van der Waals surface area contributed by atoms with Crippen LogP contribution >= 0.6 is 139 Å². The number of carboxylic acids is 1. The maximum Gasteiger partial charge on any atom is 0.410 e. The number of carbonyl (C=O) groups excluding carboxylic acids is 7. The number of benzene rings is 5.